The lowest BCUT2D eigenvalue weighted by molar-refractivity contribution is 0.590. The van der Waals surface area contributed by atoms with Crippen LogP contribution in [0.2, 0.25) is 0 Å². The minimum Gasteiger partial charge on any atom is -0.456 e. The molecule has 2 nitrogen and oxygen atoms in total. The fraction of sp³-hybridized carbons (Fsp3) is 0.118. The molecular weight excluding hydrogens is 438 g/mol. The molecule has 0 saturated heterocycles. The van der Waals surface area contributed by atoms with Crippen molar-refractivity contribution < 1.29 is 4.42 Å². The minimum atomic E-state index is 0.127. The van der Waals surface area contributed by atoms with Gasteiger partial charge in [0.15, 0.2) is 0 Å². The standard InChI is InChI=1S/C34H27NO/c1-34(2,3)24-14-16-25(17-15-24)35-30-10-6-4-8-26(30)27-18-12-23(21-31(27)35)22-13-19-33-29(20-22)28-9-5-7-11-32(28)36-33/h4-21H,1-3H3. The van der Waals surface area contributed by atoms with Gasteiger partial charge in [0.2, 0.25) is 0 Å². The van der Waals surface area contributed by atoms with E-state index in [9.17, 15) is 0 Å². The van der Waals surface area contributed by atoms with E-state index >= 15 is 0 Å². The van der Waals surface area contributed by atoms with Crippen LogP contribution in [-0.2, 0) is 5.41 Å². The number of aromatic nitrogens is 1. The molecule has 2 aromatic heterocycles. The molecule has 0 fully saturated rings. The fourth-order valence-corrected chi connectivity index (χ4v) is 5.44. The van der Waals surface area contributed by atoms with Crippen LogP contribution in [0.3, 0.4) is 0 Å². The Morgan fingerprint density at radius 3 is 1.97 bits per heavy atom. The number of para-hydroxylation sites is 2. The quantitative estimate of drug-likeness (QED) is 0.248. The maximum absolute atomic E-state index is 6.06. The number of furan rings is 1. The number of nitrogens with zero attached hydrogens (tertiary/aromatic N) is 1. The zero-order valence-corrected chi connectivity index (χ0v) is 20.7. The number of hydrogen-bond acceptors (Lipinski definition) is 1. The molecule has 0 radical (unpaired) electrons. The van der Waals surface area contributed by atoms with Crippen LogP contribution in [0, 0.1) is 0 Å². The van der Waals surface area contributed by atoms with Gasteiger partial charge in [0.1, 0.15) is 11.2 Å². The molecule has 0 aliphatic heterocycles. The minimum absolute atomic E-state index is 0.127. The van der Waals surface area contributed by atoms with Crippen molar-refractivity contribution in [1.29, 1.82) is 0 Å². The first-order valence-electron chi connectivity index (χ1n) is 12.5. The summed E-state index contributed by atoms with van der Waals surface area (Å²) in [5, 5.41) is 4.85. The van der Waals surface area contributed by atoms with Gasteiger partial charge in [0, 0.05) is 27.2 Å². The average Bonchev–Trinajstić information content (AvgIpc) is 3.43. The van der Waals surface area contributed by atoms with Gasteiger partial charge in [-0.15, -0.1) is 0 Å². The lowest BCUT2D eigenvalue weighted by atomic mass is 9.87. The smallest absolute Gasteiger partial charge is 0.135 e. The van der Waals surface area contributed by atoms with Crippen LogP contribution >= 0.6 is 0 Å². The third kappa shape index (κ3) is 3.18. The molecule has 0 bridgehead atoms. The molecule has 0 N–H and O–H groups in total. The summed E-state index contributed by atoms with van der Waals surface area (Å²) in [5.74, 6) is 0. The summed E-state index contributed by atoms with van der Waals surface area (Å²) in [6, 6.07) is 39.3. The van der Waals surface area contributed by atoms with E-state index in [2.05, 4.69) is 122 Å². The topological polar surface area (TPSA) is 18.1 Å². The summed E-state index contributed by atoms with van der Waals surface area (Å²) in [6.07, 6.45) is 0. The normalized spacial score (nSPS) is 12.3. The molecule has 0 amide bonds. The van der Waals surface area contributed by atoms with Crippen molar-refractivity contribution in [1.82, 2.24) is 4.57 Å². The fourth-order valence-electron chi connectivity index (χ4n) is 5.44. The molecule has 7 rings (SSSR count). The monoisotopic (exact) mass is 465 g/mol. The second kappa shape index (κ2) is 7.60. The maximum atomic E-state index is 6.06. The van der Waals surface area contributed by atoms with Gasteiger partial charge in [0.25, 0.3) is 0 Å². The molecule has 36 heavy (non-hydrogen) atoms. The van der Waals surface area contributed by atoms with E-state index in [1.54, 1.807) is 0 Å². The summed E-state index contributed by atoms with van der Waals surface area (Å²) in [7, 11) is 0. The highest BCUT2D eigenvalue weighted by molar-refractivity contribution is 6.11. The highest BCUT2D eigenvalue weighted by atomic mass is 16.3. The van der Waals surface area contributed by atoms with Crippen molar-refractivity contribution in [3.63, 3.8) is 0 Å². The Hall–Kier alpha value is -4.30. The zero-order valence-electron chi connectivity index (χ0n) is 20.7. The lowest BCUT2D eigenvalue weighted by Crippen LogP contribution is -2.10. The van der Waals surface area contributed by atoms with E-state index in [0.717, 1.165) is 21.9 Å². The van der Waals surface area contributed by atoms with Crippen LogP contribution < -0.4 is 0 Å². The van der Waals surface area contributed by atoms with Crippen LogP contribution in [0.25, 0.3) is 60.6 Å². The molecule has 0 atom stereocenters. The highest BCUT2D eigenvalue weighted by Gasteiger charge is 2.16. The predicted molar refractivity (Wildman–Crippen MR) is 152 cm³/mol. The van der Waals surface area contributed by atoms with Gasteiger partial charge in [-0.3, -0.25) is 0 Å². The van der Waals surface area contributed by atoms with Gasteiger partial charge >= 0.3 is 0 Å². The van der Waals surface area contributed by atoms with Crippen LogP contribution in [0.4, 0.5) is 0 Å². The number of benzene rings is 5. The van der Waals surface area contributed by atoms with Crippen LogP contribution in [0.15, 0.2) is 114 Å². The van der Waals surface area contributed by atoms with E-state index in [1.807, 2.05) is 12.1 Å². The van der Waals surface area contributed by atoms with Gasteiger partial charge in [-0.2, -0.15) is 0 Å². The highest BCUT2D eigenvalue weighted by Crippen LogP contribution is 2.37. The first-order chi connectivity index (χ1) is 17.5. The molecule has 2 heteroatoms. The van der Waals surface area contributed by atoms with Gasteiger partial charge in [-0.05, 0) is 64.6 Å². The van der Waals surface area contributed by atoms with Crippen molar-refractivity contribution in [2.24, 2.45) is 0 Å². The summed E-state index contributed by atoms with van der Waals surface area (Å²) in [6.45, 7) is 6.78. The predicted octanol–water partition coefficient (Wildman–Crippen LogP) is 9.65. The summed E-state index contributed by atoms with van der Waals surface area (Å²) in [4.78, 5) is 0. The first kappa shape index (κ1) is 21.0. The molecular formula is C34H27NO. The molecule has 0 aliphatic carbocycles. The van der Waals surface area contributed by atoms with Crippen LogP contribution in [-0.4, -0.2) is 4.57 Å². The van der Waals surface area contributed by atoms with E-state index in [4.69, 9.17) is 4.42 Å². The van der Waals surface area contributed by atoms with E-state index in [0.29, 0.717) is 0 Å². The van der Waals surface area contributed by atoms with Crippen molar-refractivity contribution in [2.75, 3.05) is 0 Å². The van der Waals surface area contributed by atoms with E-state index in [1.165, 1.54) is 44.2 Å². The lowest BCUT2D eigenvalue weighted by Gasteiger charge is -2.19. The second-order valence-corrected chi connectivity index (χ2v) is 10.7. The average molecular weight is 466 g/mol. The molecule has 0 spiro atoms. The molecule has 5 aromatic carbocycles. The molecule has 0 saturated carbocycles. The van der Waals surface area contributed by atoms with Crippen molar-refractivity contribution in [3.8, 4) is 16.8 Å². The Morgan fingerprint density at radius 1 is 0.528 bits per heavy atom. The van der Waals surface area contributed by atoms with E-state index in [-0.39, 0.29) is 5.41 Å². The third-order valence-corrected chi connectivity index (χ3v) is 7.38. The van der Waals surface area contributed by atoms with Crippen molar-refractivity contribution in [2.45, 2.75) is 26.2 Å². The molecule has 0 unspecified atom stereocenters. The van der Waals surface area contributed by atoms with E-state index < -0.39 is 0 Å². The van der Waals surface area contributed by atoms with Gasteiger partial charge in [-0.1, -0.05) is 87.5 Å². The number of rotatable bonds is 2. The van der Waals surface area contributed by atoms with Crippen LogP contribution in [0.5, 0.6) is 0 Å². The largest absolute Gasteiger partial charge is 0.456 e. The van der Waals surface area contributed by atoms with Crippen molar-refractivity contribution in [3.05, 3.63) is 115 Å². The SMILES string of the molecule is CC(C)(C)c1ccc(-n2c3ccccc3c3ccc(-c4ccc5oc6ccccc6c5c4)cc32)cc1. The molecule has 0 aliphatic rings. The Balaban J connectivity index is 1.45. The summed E-state index contributed by atoms with van der Waals surface area (Å²) < 4.78 is 8.45. The number of hydrogen-bond donors (Lipinski definition) is 0. The van der Waals surface area contributed by atoms with Gasteiger partial charge < -0.3 is 8.98 Å². The Morgan fingerprint density at radius 2 is 1.17 bits per heavy atom. The van der Waals surface area contributed by atoms with Crippen molar-refractivity contribution >= 4 is 43.7 Å². The molecule has 2 heterocycles. The Labute approximate surface area is 210 Å². The van der Waals surface area contributed by atoms with Gasteiger partial charge in [0.05, 0.1) is 11.0 Å². The Kier molecular flexibility index (Phi) is 4.44. The first-order valence-corrected chi connectivity index (χ1v) is 12.5. The zero-order chi connectivity index (χ0) is 24.4. The third-order valence-electron chi connectivity index (χ3n) is 7.38. The maximum Gasteiger partial charge on any atom is 0.135 e. The summed E-state index contributed by atoms with van der Waals surface area (Å²) in [5.41, 5.74) is 9.34. The van der Waals surface area contributed by atoms with Crippen LogP contribution in [0.1, 0.15) is 26.3 Å². The molecule has 174 valence electrons. The second-order valence-electron chi connectivity index (χ2n) is 10.7. The van der Waals surface area contributed by atoms with Gasteiger partial charge in [-0.25, -0.2) is 0 Å². The number of fused-ring (bicyclic) bond motifs is 6. The molecule has 7 aromatic rings. The Bertz CT molecular complexity index is 1910. The summed E-state index contributed by atoms with van der Waals surface area (Å²) >= 11 is 0.